The Bertz CT molecular complexity index is 1020. The highest BCUT2D eigenvalue weighted by Crippen LogP contribution is 2.39. The van der Waals surface area contributed by atoms with Gasteiger partial charge in [-0.3, -0.25) is 10.1 Å². The monoisotopic (exact) mass is 390 g/mol. The van der Waals surface area contributed by atoms with Crippen molar-refractivity contribution in [2.24, 2.45) is 0 Å². The van der Waals surface area contributed by atoms with Crippen LogP contribution < -0.4 is 5.32 Å². The van der Waals surface area contributed by atoms with Crippen molar-refractivity contribution in [2.75, 3.05) is 5.32 Å². The second-order valence-corrected chi connectivity index (χ2v) is 7.27. The number of rotatable bonds is 4. The molecule has 0 aliphatic carbocycles. The van der Waals surface area contributed by atoms with Crippen molar-refractivity contribution in [1.82, 2.24) is 4.98 Å². The van der Waals surface area contributed by atoms with Crippen LogP contribution in [0, 0.1) is 0 Å². The average Bonchev–Trinajstić information content (AvgIpc) is 3.13. The fraction of sp³-hybridized carbons (Fsp3) is 0. The Hall–Kier alpha value is -2.95. The van der Waals surface area contributed by atoms with E-state index >= 15 is 0 Å². The first kappa shape index (κ1) is 17.5. The van der Waals surface area contributed by atoms with Crippen molar-refractivity contribution in [1.29, 1.82) is 0 Å². The van der Waals surface area contributed by atoms with Crippen LogP contribution >= 0.6 is 22.9 Å². The lowest BCUT2D eigenvalue weighted by atomic mass is 10.1. The minimum Gasteiger partial charge on any atom is -0.298 e. The predicted molar refractivity (Wildman–Crippen MR) is 112 cm³/mol. The minimum atomic E-state index is -0.270. The molecular formula is C22H15ClN2OS. The van der Waals surface area contributed by atoms with Crippen LogP contribution in [0.25, 0.3) is 21.7 Å². The van der Waals surface area contributed by atoms with E-state index in [1.54, 1.807) is 24.3 Å². The van der Waals surface area contributed by atoms with E-state index in [9.17, 15) is 4.79 Å². The van der Waals surface area contributed by atoms with Crippen LogP contribution in [-0.4, -0.2) is 10.9 Å². The zero-order valence-electron chi connectivity index (χ0n) is 14.2. The molecule has 0 spiro atoms. The van der Waals surface area contributed by atoms with Crippen molar-refractivity contribution < 1.29 is 4.79 Å². The molecule has 0 saturated carbocycles. The van der Waals surface area contributed by atoms with Crippen molar-refractivity contribution in [3.05, 3.63) is 95.5 Å². The van der Waals surface area contributed by atoms with Crippen LogP contribution in [0.4, 0.5) is 5.13 Å². The predicted octanol–water partition coefficient (Wildman–Crippen LogP) is 6.38. The normalized spacial score (nSPS) is 10.6. The number of nitrogens with zero attached hydrogens (tertiary/aromatic N) is 1. The molecule has 27 heavy (non-hydrogen) atoms. The minimum absolute atomic E-state index is 0.270. The lowest BCUT2D eigenvalue weighted by Gasteiger charge is -2.03. The van der Waals surface area contributed by atoms with Crippen LogP contribution in [0.3, 0.4) is 0 Å². The summed E-state index contributed by atoms with van der Waals surface area (Å²) in [5.74, 6) is -0.270. The molecule has 0 aliphatic heterocycles. The molecule has 1 heterocycles. The number of amides is 1. The summed E-state index contributed by atoms with van der Waals surface area (Å²) in [5.41, 5.74) is 3.34. The first-order valence-corrected chi connectivity index (χ1v) is 9.59. The second kappa shape index (κ2) is 7.74. The number of thiazole rings is 1. The summed E-state index contributed by atoms with van der Waals surface area (Å²) in [5, 5.41) is 3.84. The average molecular weight is 391 g/mol. The summed E-state index contributed by atoms with van der Waals surface area (Å²) in [4.78, 5) is 18.3. The number of halogens is 1. The van der Waals surface area contributed by atoms with Gasteiger partial charge in [-0.15, -0.1) is 0 Å². The highest BCUT2D eigenvalue weighted by Gasteiger charge is 2.17. The maximum absolute atomic E-state index is 12.6. The molecule has 0 bridgehead atoms. The molecular weight excluding hydrogens is 376 g/mol. The summed E-state index contributed by atoms with van der Waals surface area (Å²) in [6.07, 6.45) is 0. The maximum Gasteiger partial charge on any atom is 0.258 e. The molecule has 0 saturated heterocycles. The molecule has 1 N–H and O–H groups in total. The van der Waals surface area contributed by atoms with Crippen LogP contribution in [0.15, 0.2) is 84.9 Å². The Labute approximate surface area is 166 Å². The zero-order chi connectivity index (χ0) is 18.6. The Morgan fingerprint density at radius 3 is 2.07 bits per heavy atom. The number of nitrogens with one attached hydrogen (secondary N) is 1. The van der Waals surface area contributed by atoms with E-state index in [1.165, 1.54) is 11.3 Å². The van der Waals surface area contributed by atoms with Gasteiger partial charge in [-0.1, -0.05) is 95.7 Å². The van der Waals surface area contributed by atoms with Gasteiger partial charge in [0, 0.05) is 5.56 Å². The molecule has 3 aromatic carbocycles. The number of anilines is 1. The van der Waals surface area contributed by atoms with E-state index < -0.39 is 0 Å². The summed E-state index contributed by atoms with van der Waals surface area (Å²) >= 11 is 7.59. The van der Waals surface area contributed by atoms with Crippen molar-refractivity contribution in [3.63, 3.8) is 0 Å². The smallest absolute Gasteiger partial charge is 0.258 e. The molecule has 0 aliphatic rings. The third-order valence-corrected chi connectivity index (χ3v) is 5.40. The fourth-order valence-corrected chi connectivity index (χ4v) is 3.97. The Morgan fingerprint density at radius 2 is 1.41 bits per heavy atom. The largest absolute Gasteiger partial charge is 0.298 e. The second-order valence-electron chi connectivity index (χ2n) is 5.86. The lowest BCUT2D eigenvalue weighted by molar-refractivity contribution is 0.102. The molecule has 3 nitrogen and oxygen atoms in total. The first-order chi connectivity index (χ1) is 13.2. The molecule has 0 atom stereocenters. The van der Waals surface area contributed by atoms with Gasteiger partial charge in [0.05, 0.1) is 21.2 Å². The number of hydrogen-bond donors (Lipinski definition) is 1. The third-order valence-electron chi connectivity index (χ3n) is 4.05. The SMILES string of the molecule is O=C(Nc1nc(-c2ccccc2)c(-c2ccccc2)s1)c1ccccc1Cl. The van der Waals surface area contributed by atoms with Crippen molar-refractivity contribution >= 4 is 34.0 Å². The van der Waals surface area contributed by atoms with Gasteiger partial charge in [0.15, 0.2) is 5.13 Å². The molecule has 1 amide bonds. The van der Waals surface area contributed by atoms with E-state index in [1.807, 2.05) is 60.7 Å². The van der Waals surface area contributed by atoms with Gasteiger partial charge in [-0.2, -0.15) is 0 Å². The van der Waals surface area contributed by atoms with Gasteiger partial charge in [0.1, 0.15) is 0 Å². The van der Waals surface area contributed by atoms with E-state index in [4.69, 9.17) is 16.6 Å². The maximum atomic E-state index is 12.6. The molecule has 0 radical (unpaired) electrons. The topological polar surface area (TPSA) is 42.0 Å². The molecule has 1 aromatic heterocycles. The molecule has 132 valence electrons. The van der Waals surface area contributed by atoms with Crippen molar-refractivity contribution in [3.8, 4) is 21.7 Å². The van der Waals surface area contributed by atoms with Crippen molar-refractivity contribution in [2.45, 2.75) is 0 Å². The van der Waals surface area contributed by atoms with E-state index in [0.717, 1.165) is 21.7 Å². The highest BCUT2D eigenvalue weighted by atomic mass is 35.5. The van der Waals surface area contributed by atoms with Gasteiger partial charge < -0.3 is 0 Å². The molecule has 0 fully saturated rings. The van der Waals surface area contributed by atoms with Gasteiger partial charge >= 0.3 is 0 Å². The van der Waals surface area contributed by atoms with Gasteiger partial charge in [0.25, 0.3) is 5.91 Å². The van der Waals surface area contributed by atoms with Crippen LogP contribution in [-0.2, 0) is 0 Å². The van der Waals surface area contributed by atoms with Gasteiger partial charge in [0.2, 0.25) is 0 Å². The molecule has 5 heteroatoms. The van der Waals surface area contributed by atoms with Crippen LogP contribution in [0.2, 0.25) is 5.02 Å². The first-order valence-electron chi connectivity index (χ1n) is 8.40. The summed E-state index contributed by atoms with van der Waals surface area (Å²) < 4.78 is 0. The van der Waals surface area contributed by atoms with E-state index in [2.05, 4.69) is 5.32 Å². The Kier molecular flexibility index (Phi) is 5.01. The van der Waals surface area contributed by atoms with Gasteiger partial charge in [-0.05, 0) is 17.7 Å². The highest BCUT2D eigenvalue weighted by molar-refractivity contribution is 7.19. The number of carbonyl (C=O) groups excluding carboxylic acids is 1. The summed E-state index contributed by atoms with van der Waals surface area (Å²) in [6, 6.07) is 27.0. The number of aromatic nitrogens is 1. The number of carbonyl (C=O) groups is 1. The molecule has 4 aromatic rings. The Morgan fingerprint density at radius 1 is 0.815 bits per heavy atom. The van der Waals surface area contributed by atoms with Crippen LogP contribution in [0.5, 0.6) is 0 Å². The van der Waals surface area contributed by atoms with E-state index in [-0.39, 0.29) is 5.91 Å². The molecule has 4 rings (SSSR count). The molecule has 0 unspecified atom stereocenters. The van der Waals surface area contributed by atoms with E-state index in [0.29, 0.717) is 15.7 Å². The number of benzene rings is 3. The fourth-order valence-electron chi connectivity index (χ4n) is 2.76. The summed E-state index contributed by atoms with van der Waals surface area (Å²) in [6.45, 7) is 0. The quantitative estimate of drug-likeness (QED) is 0.439. The Balaban J connectivity index is 1.74. The third kappa shape index (κ3) is 3.77. The summed E-state index contributed by atoms with van der Waals surface area (Å²) in [7, 11) is 0. The number of hydrogen-bond acceptors (Lipinski definition) is 3. The standard InChI is InChI=1S/C22H15ClN2OS/c23-18-14-8-7-13-17(18)21(26)25-22-24-19(15-9-3-1-4-10-15)20(27-22)16-11-5-2-6-12-16/h1-14H,(H,24,25,26). The lowest BCUT2D eigenvalue weighted by Crippen LogP contribution is -2.12. The van der Waals surface area contributed by atoms with Gasteiger partial charge in [-0.25, -0.2) is 4.98 Å². The van der Waals surface area contributed by atoms with Crippen LogP contribution in [0.1, 0.15) is 10.4 Å². The zero-order valence-corrected chi connectivity index (χ0v) is 15.8.